The summed E-state index contributed by atoms with van der Waals surface area (Å²) in [4.78, 5) is 2.64. The maximum atomic E-state index is 6.07. The SMILES string of the molecule is CC(C)CCN(CCC(C)C)C(CN)C1CCOC1. The van der Waals surface area contributed by atoms with Crippen LogP contribution in [-0.2, 0) is 4.74 Å². The lowest BCUT2D eigenvalue weighted by Gasteiger charge is -2.35. The maximum absolute atomic E-state index is 6.07. The minimum Gasteiger partial charge on any atom is -0.381 e. The smallest absolute Gasteiger partial charge is 0.0510 e. The van der Waals surface area contributed by atoms with Gasteiger partial charge in [-0.1, -0.05) is 27.7 Å². The van der Waals surface area contributed by atoms with Crippen LogP contribution in [-0.4, -0.2) is 43.8 Å². The fourth-order valence-corrected chi connectivity index (χ4v) is 2.79. The van der Waals surface area contributed by atoms with Crippen LogP contribution < -0.4 is 5.73 Å². The third-order valence-electron chi connectivity index (χ3n) is 4.21. The van der Waals surface area contributed by atoms with E-state index in [0.29, 0.717) is 12.0 Å². The Labute approximate surface area is 119 Å². The van der Waals surface area contributed by atoms with E-state index in [1.54, 1.807) is 0 Å². The molecular formula is C16H34N2O. The zero-order valence-electron chi connectivity index (χ0n) is 13.4. The molecule has 0 aliphatic carbocycles. The zero-order chi connectivity index (χ0) is 14.3. The van der Waals surface area contributed by atoms with Gasteiger partial charge in [0.2, 0.25) is 0 Å². The lowest BCUT2D eigenvalue weighted by Crippen LogP contribution is -2.47. The van der Waals surface area contributed by atoms with Gasteiger partial charge in [-0.25, -0.2) is 0 Å². The monoisotopic (exact) mass is 270 g/mol. The van der Waals surface area contributed by atoms with Crippen LogP contribution in [0.2, 0.25) is 0 Å². The van der Waals surface area contributed by atoms with E-state index in [4.69, 9.17) is 10.5 Å². The van der Waals surface area contributed by atoms with Crippen molar-refractivity contribution in [3.05, 3.63) is 0 Å². The standard InChI is InChI=1S/C16H34N2O/c1-13(2)5-8-18(9-6-14(3)4)16(11-17)15-7-10-19-12-15/h13-16H,5-12,17H2,1-4H3. The summed E-state index contributed by atoms with van der Waals surface area (Å²) in [6, 6.07) is 0.514. The van der Waals surface area contributed by atoms with Gasteiger partial charge in [-0.3, -0.25) is 4.90 Å². The Bertz CT molecular complexity index is 213. The van der Waals surface area contributed by atoms with E-state index in [1.165, 1.54) is 32.4 Å². The van der Waals surface area contributed by atoms with Crippen molar-refractivity contribution in [2.24, 2.45) is 23.5 Å². The van der Waals surface area contributed by atoms with Crippen LogP contribution >= 0.6 is 0 Å². The third-order valence-corrected chi connectivity index (χ3v) is 4.21. The topological polar surface area (TPSA) is 38.5 Å². The molecule has 0 aromatic heterocycles. The van der Waals surface area contributed by atoms with Crippen LogP contribution in [0.25, 0.3) is 0 Å². The molecule has 1 heterocycles. The lowest BCUT2D eigenvalue weighted by atomic mass is 9.96. The summed E-state index contributed by atoms with van der Waals surface area (Å²) in [6.07, 6.45) is 3.71. The number of ether oxygens (including phenoxy) is 1. The van der Waals surface area contributed by atoms with Crippen molar-refractivity contribution in [1.29, 1.82) is 0 Å². The van der Waals surface area contributed by atoms with E-state index in [-0.39, 0.29) is 0 Å². The summed E-state index contributed by atoms with van der Waals surface area (Å²) in [7, 11) is 0. The Kier molecular flexibility index (Phi) is 7.96. The predicted octanol–water partition coefficient (Wildman–Crippen LogP) is 2.74. The fourth-order valence-electron chi connectivity index (χ4n) is 2.79. The minimum absolute atomic E-state index is 0.514. The van der Waals surface area contributed by atoms with Crippen molar-refractivity contribution in [2.45, 2.75) is 53.0 Å². The molecular weight excluding hydrogens is 236 g/mol. The molecule has 19 heavy (non-hydrogen) atoms. The minimum atomic E-state index is 0.514. The molecule has 0 aromatic carbocycles. The van der Waals surface area contributed by atoms with Crippen molar-refractivity contribution in [3.8, 4) is 0 Å². The van der Waals surface area contributed by atoms with E-state index >= 15 is 0 Å². The van der Waals surface area contributed by atoms with Crippen molar-refractivity contribution in [3.63, 3.8) is 0 Å². The van der Waals surface area contributed by atoms with E-state index in [0.717, 1.165) is 31.6 Å². The molecule has 2 N–H and O–H groups in total. The Morgan fingerprint density at radius 3 is 2.05 bits per heavy atom. The highest BCUT2D eigenvalue weighted by molar-refractivity contribution is 4.83. The van der Waals surface area contributed by atoms with Crippen molar-refractivity contribution in [2.75, 3.05) is 32.8 Å². The van der Waals surface area contributed by atoms with Crippen molar-refractivity contribution < 1.29 is 4.74 Å². The van der Waals surface area contributed by atoms with Gasteiger partial charge in [0, 0.05) is 25.1 Å². The van der Waals surface area contributed by atoms with Gasteiger partial charge in [0.05, 0.1) is 6.61 Å². The first-order valence-corrected chi connectivity index (χ1v) is 8.06. The van der Waals surface area contributed by atoms with Crippen molar-refractivity contribution in [1.82, 2.24) is 4.90 Å². The third kappa shape index (κ3) is 6.24. The van der Waals surface area contributed by atoms with Gasteiger partial charge >= 0.3 is 0 Å². The number of nitrogens with zero attached hydrogens (tertiary/aromatic N) is 1. The van der Waals surface area contributed by atoms with Gasteiger partial charge in [-0.15, -0.1) is 0 Å². The lowest BCUT2D eigenvalue weighted by molar-refractivity contribution is 0.113. The molecule has 1 aliphatic rings. The Balaban J connectivity index is 2.56. The number of hydrogen-bond donors (Lipinski definition) is 1. The summed E-state index contributed by atoms with van der Waals surface area (Å²) in [5, 5.41) is 0. The predicted molar refractivity (Wildman–Crippen MR) is 82.3 cm³/mol. The van der Waals surface area contributed by atoms with Crippen molar-refractivity contribution >= 4 is 0 Å². The molecule has 0 aromatic rings. The zero-order valence-corrected chi connectivity index (χ0v) is 13.4. The average molecular weight is 270 g/mol. The second-order valence-electron chi connectivity index (χ2n) is 6.83. The molecule has 114 valence electrons. The Morgan fingerprint density at radius 1 is 1.11 bits per heavy atom. The first kappa shape index (κ1) is 16.9. The summed E-state index contributed by atoms with van der Waals surface area (Å²) in [6.45, 7) is 14.2. The Hall–Kier alpha value is -0.120. The summed E-state index contributed by atoms with van der Waals surface area (Å²) >= 11 is 0. The van der Waals surface area contributed by atoms with Gasteiger partial charge in [-0.2, -0.15) is 0 Å². The highest BCUT2D eigenvalue weighted by Crippen LogP contribution is 2.22. The van der Waals surface area contributed by atoms with E-state index in [1.807, 2.05) is 0 Å². The normalized spacial score (nSPS) is 21.8. The highest BCUT2D eigenvalue weighted by atomic mass is 16.5. The van der Waals surface area contributed by atoms with Gasteiger partial charge in [0.15, 0.2) is 0 Å². The van der Waals surface area contributed by atoms with E-state index in [9.17, 15) is 0 Å². The fraction of sp³-hybridized carbons (Fsp3) is 1.00. The summed E-state index contributed by atoms with van der Waals surface area (Å²) in [5.41, 5.74) is 6.07. The molecule has 3 heteroatoms. The van der Waals surface area contributed by atoms with Crippen LogP contribution in [0, 0.1) is 17.8 Å². The molecule has 1 aliphatic heterocycles. The number of nitrogens with two attached hydrogens (primary N) is 1. The molecule has 0 bridgehead atoms. The van der Waals surface area contributed by atoms with E-state index in [2.05, 4.69) is 32.6 Å². The molecule has 3 nitrogen and oxygen atoms in total. The first-order valence-electron chi connectivity index (χ1n) is 8.06. The van der Waals surface area contributed by atoms with Crippen LogP contribution in [0.15, 0.2) is 0 Å². The molecule has 0 spiro atoms. The Morgan fingerprint density at radius 2 is 1.68 bits per heavy atom. The van der Waals surface area contributed by atoms with Gasteiger partial charge < -0.3 is 10.5 Å². The molecule has 1 fully saturated rings. The second-order valence-corrected chi connectivity index (χ2v) is 6.83. The molecule has 0 saturated carbocycles. The largest absolute Gasteiger partial charge is 0.381 e. The van der Waals surface area contributed by atoms with Gasteiger partial charge in [0.1, 0.15) is 0 Å². The van der Waals surface area contributed by atoms with Crippen LogP contribution in [0.5, 0.6) is 0 Å². The summed E-state index contributed by atoms with van der Waals surface area (Å²) in [5.74, 6) is 2.17. The van der Waals surface area contributed by atoms with Crippen LogP contribution in [0.3, 0.4) is 0 Å². The van der Waals surface area contributed by atoms with Gasteiger partial charge in [-0.05, 0) is 44.2 Å². The molecule has 1 saturated heterocycles. The van der Waals surface area contributed by atoms with Crippen LogP contribution in [0.1, 0.15) is 47.0 Å². The van der Waals surface area contributed by atoms with Crippen LogP contribution in [0.4, 0.5) is 0 Å². The number of hydrogen-bond acceptors (Lipinski definition) is 3. The molecule has 1 rings (SSSR count). The first-order chi connectivity index (χ1) is 9.04. The average Bonchev–Trinajstić information content (AvgIpc) is 2.85. The molecule has 2 unspecified atom stereocenters. The maximum Gasteiger partial charge on any atom is 0.0510 e. The summed E-state index contributed by atoms with van der Waals surface area (Å²) < 4.78 is 5.56. The molecule has 2 atom stereocenters. The quantitative estimate of drug-likeness (QED) is 0.700. The highest BCUT2D eigenvalue weighted by Gasteiger charge is 2.29. The number of rotatable bonds is 9. The second kappa shape index (κ2) is 8.93. The van der Waals surface area contributed by atoms with Gasteiger partial charge in [0.25, 0.3) is 0 Å². The molecule has 0 amide bonds. The van der Waals surface area contributed by atoms with E-state index < -0.39 is 0 Å². The molecule has 0 radical (unpaired) electrons.